The number of nitrogens with one attached hydrogen (secondary N) is 2. The number of hydrogen-bond donors (Lipinski definition) is 2. The van der Waals surface area contributed by atoms with Gasteiger partial charge in [-0.15, -0.1) is 0 Å². The van der Waals surface area contributed by atoms with Crippen LogP contribution in [0.5, 0.6) is 5.75 Å². The minimum atomic E-state index is 0.617. The van der Waals surface area contributed by atoms with Crippen molar-refractivity contribution in [2.75, 3.05) is 16.6 Å². The second-order valence-electron chi connectivity index (χ2n) is 6.00. The van der Waals surface area contributed by atoms with Crippen molar-refractivity contribution in [1.82, 2.24) is 9.97 Å². The maximum Gasteiger partial charge on any atom is 0.180 e. The van der Waals surface area contributed by atoms with Gasteiger partial charge in [-0.25, -0.2) is 9.97 Å². The van der Waals surface area contributed by atoms with Crippen molar-refractivity contribution in [2.45, 2.75) is 27.7 Å². The number of nitrogens with zero attached hydrogens (tertiary/aromatic N) is 2. The van der Waals surface area contributed by atoms with Crippen molar-refractivity contribution in [1.29, 1.82) is 0 Å². The fourth-order valence-electron chi connectivity index (χ4n) is 2.64. The van der Waals surface area contributed by atoms with Gasteiger partial charge in [0.1, 0.15) is 5.75 Å². The van der Waals surface area contributed by atoms with E-state index in [2.05, 4.69) is 16.6 Å². The maximum atomic E-state index is 5.60. The van der Waals surface area contributed by atoms with Gasteiger partial charge in [-0.1, -0.05) is 56.9 Å². The molecule has 0 amide bonds. The summed E-state index contributed by atoms with van der Waals surface area (Å²) in [4.78, 5) is 10.5. The van der Waals surface area contributed by atoms with Gasteiger partial charge in [-0.2, -0.15) is 0 Å². The van der Waals surface area contributed by atoms with Crippen LogP contribution in [0.25, 0.3) is 11.0 Å². The van der Waals surface area contributed by atoms with Crippen molar-refractivity contribution in [3.8, 4) is 5.75 Å². The van der Waals surface area contributed by atoms with Gasteiger partial charge in [0.2, 0.25) is 0 Å². The number of para-hydroxylation sites is 2. The van der Waals surface area contributed by atoms with Crippen LogP contribution >= 0.6 is 11.9 Å². The van der Waals surface area contributed by atoms with Gasteiger partial charge in [0.25, 0.3) is 0 Å². The molecule has 0 bridgehead atoms. The number of anilines is 3. The van der Waals surface area contributed by atoms with Crippen molar-refractivity contribution >= 4 is 40.3 Å². The number of fused-ring (bicyclic) bond motifs is 1. The van der Waals surface area contributed by atoms with Gasteiger partial charge in [0.05, 0.1) is 17.6 Å². The number of rotatable bonds is 9. The molecule has 0 saturated carbocycles. The molecule has 2 N–H and O–H groups in total. The average molecular weight is 435 g/mol. The molecule has 3 rings (SSSR count). The number of aromatic nitrogens is 2. The summed E-state index contributed by atoms with van der Waals surface area (Å²) in [5.41, 5.74) is 2.52. The lowest BCUT2D eigenvalue weighted by Gasteiger charge is -2.14. The van der Waals surface area contributed by atoms with E-state index in [0.717, 1.165) is 27.4 Å². The van der Waals surface area contributed by atoms with E-state index in [1.165, 1.54) is 11.9 Å². The van der Waals surface area contributed by atoms with E-state index in [-0.39, 0.29) is 0 Å². The quantitative estimate of drug-likeness (QED) is 0.268. The summed E-state index contributed by atoms with van der Waals surface area (Å²) in [6, 6.07) is 15.6. The largest absolute Gasteiger partial charge is 0.494 e. The summed E-state index contributed by atoms with van der Waals surface area (Å²) in [7, 11) is 0. The van der Waals surface area contributed by atoms with Gasteiger partial charge in [-0.3, -0.25) is 0 Å². The van der Waals surface area contributed by atoms with Crippen molar-refractivity contribution in [2.24, 2.45) is 0 Å². The first kappa shape index (κ1) is 24.0. The van der Waals surface area contributed by atoms with E-state index >= 15 is 0 Å². The molecule has 0 atom stereocenters. The Morgan fingerprint density at radius 1 is 1.06 bits per heavy atom. The highest BCUT2D eigenvalue weighted by Crippen LogP contribution is 2.30. The van der Waals surface area contributed by atoms with E-state index in [1.54, 1.807) is 6.08 Å². The molecule has 1 aromatic heterocycles. The molecule has 0 spiro atoms. The third-order valence-corrected chi connectivity index (χ3v) is 4.66. The highest BCUT2D eigenvalue weighted by molar-refractivity contribution is 8.04. The zero-order valence-corrected chi connectivity index (χ0v) is 19.4. The van der Waals surface area contributed by atoms with Crippen LogP contribution in [0.3, 0.4) is 0 Å². The van der Waals surface area contributed by atoms with E-state index in [9.17, 15) is 0 Å². The molecule has 162 valence electrons. The monoisotopic (exact) mass is 434 g/mol. The molecular formula is C25H30N4OS. The zero-order chi connectivity index (χ0) is 22.5. The summed E-state index contributed by atoms with van der Waals surface area (Å²) in [6.07, 6.45) is 7.68. The Morgan fingerprint density at radius 2 is 1.77 bits per heavy atom. The van der Waals surface area contributed by atoms with Crippen LogP contribution in [0.4, 0.5) is 17.3 Å². The Labute approximate surface area is 189 Å². The van der Waals surface area contributed by atoms with E-state index in [4.69, 9.17) is 14.7 Å². The lowest BCUT2D eigenvalue weighted by molar-refractivity contribution is 0.340. The molecule has 3 aromatic rings. The number of hydrogen-bond acceptors (Lipinski definition) is 6. The third-order valence-electron chi connectivity index (χ3n) is 3.86. The minimum absolute atomic E-state index is 0.617. The Kier molecular flexibility index (Phi) is 10.2. The van der Waals surface area contributed by atoms with Gasteiger partial charge < -0.3 is 14.8 Å². The van der Waals surface area contributed by atoms with Crippen LogP contribution in [-0.2, 0) is 0 Å². The third kappa shape index (κ3) is 7.19. The normalized spacial score (nSPS) is 11.0. The highest BCUT2D eigenvalue weighted by atomic mass is 32.2. The van der Waals surface area contributed by atoms with Crippen LogP contribution in [-0.4, -0.2) is 16.6 Å². The first-order chi connectivity index (χ1) is 15.2. The van der Waals surface area contributed by atoms with Crippen molar-refractivity contribution in [3.63, 3.8) is 0 Å². The van der Waals surface area contributed by atoms with Crippen molar-refractivity contribution in [3.05, 3.63) is 84.3 Å². The molecule has 0 fully saturated rings. The van der Waals surface area contributed by atoms with Crippen LogP contribution < -0.4 is 14.8 Å². The molecule has 0 aliphatic heterocycles. The number of ether oxygens (including phenoxy) is 1. The Bertz CT molecular complexity index is 1050. The SMILES string of the molecule is C=C/C=C(\C=C/C)SNc1nc2ccccc2nc1Nc1cccc(OCC)c1.CC. The Hall–Kier alpha value is -3.25. The van der Waals surface area contributed by atoms with Gasteiger partial charge in [0.15, 0.2) is 11.6 Å². The number of benzene rings is 2. The van der Waals surface area contributed by atoms with Crippen LogP contribution in [0, 0.1) is 0 Å². The second-order valence-corrected chi connectivity index (χ2v) is 6.88. The molecule has 0 aliphatic carbocycles. The molecular weight excluding hydrogens is 404 g/mol. The lowest BCUT2D eigenvalue weighted by Crippen LogP contribution is -2.02. The van der Waals surface area contributed by atoms with E-state index < -0.39 is 0 Å². The summed E-state index contributed by atoms with van der Waals surface area (Å²) in [5.74, 6) is 2.10. The van der Waals surface area contributed by atoms with Crippen LogP contribution in [0.2, 0.25) is 0 Å². The molecule has 5 nitrogen and oxygen atoms in total. The molecule has 0 unspecified atom stereocenters. The van der Waals surface area contributed by atoms with E-state index in [0.29, 0.717) is 18.2 Å². The van der Waals surface area contributed by atoms with Crippen LogP contribution in [0.15, 0.2) is 84.3 Å². The first-order valence-corrected chi connectivity index (χ1v) is 11.2. The highest BCUT2D eigenvalue weighted by Gasteiger charge is 2.10. The molecule has 0 radical (unpaired) electrons. The first-order valence-electron chi connectivity index (χ1n) is 10.4. The van der Waals surface area contributed by atoms with Crippen molar-refractivity contribution < 1.29 is 4.74 Å². The molecule has 1 heterocycles. The standard InChI is InChI=1S/C23H24N4OS.C2H6/c1-4-10-19(11-5-2)29-27-23-22(25-20-14-7-8-15-21(20)26-23)24-17-12-9-13-18(16-17)28-6-3;1-2/h4-5,7-16H,1,6H2,2-3H3,(H,24,25)(H,26,27);1-2H3/b11-5-,19-10+;. The predicted octanol–water partition coefficient (Wildman–Crippen LogP) is 7.50. The summed E-state index contributed by atoms with van der Waals surface area (Å²) >= 11 is 1.45. The second kappa shape index (κ2) is 13.1. The van der Waals surface area contributed by atoms with Crippen LogP contribution in [0.1, 0.15) is 27.7 Å². The fraction of sp³-hybridized carbons (Fsp3) is 0.200. The summed E-state index contributed by atoms with van der Waals surface area (Å²) in [5, 5.41) is 3.36. The molecule has 0 aliphatic rings. The topological polar surface area (TPSA) is 59.1 Å². The number of allylic oxidation sites excluding steroid dienone is 4. The molecule has 31 heavy (non-hydrogen) atoms. The Morgan fingerprint density at radius 3 is 2.42 bits per heavy atom. The molecule has 6 heteroatoms. The molecule has 0 saturated heterocycles. The Balaban J connectivity index is 0.00000166. The van der Waals surface area contributed by atoms with Gasteiger partial charge in [-0.05, 0) is 56.1 Å². The zero-order valence-electron chi connectivity index (χ0n) is 18.6. The smallest absolute Gasteiger partial charge is 0.180 e. The summed E-state index contributed by atoms with van der Waals surface area (Å²) < 4.78 is 8.91. The van der Waals surface area contributed by atoms with Gasteiger partial charge >= 0.3 is 0 Å². The predicted molar refractivity (Wildman–Crippen MR) is 136 cm³/mol. The molecule has 2 aromatic carbocycles. The minimum Gasteiger partial charge on any atom is -0.494 e. The van der Waals surface area contributed by atoms with Gasteiger partial charge in [0, 0.05) is 16.7 Å². The lowest BCUT2D eigenvalue weighted by atomic mass is 10.3. The fourth-order valence-corrected chi connectivity index (χ4v) is 3.36. The van der Waals surface area contributed by atoms with E-state index in [1.807, 2.05) is 94.5 Å². The summed E-state index contributed by atoms with van der Waals surface area (Å²) in [6.45, 7) is 12.3. The average Bonchev–Trinajstić information content (AvgIpc) is 2.79. The maximum absolute atomic E-state index is 5.60.